The number of carbonyl (C=O) groups excluding carboxylic acids is 1. The minimum Gasteiger partial charge on any atom is -0.354 e. The molecule has 9 heteroatoms. The Bertz CT molecular complexity index is 796. The molecule has 2 N–H and O–H groups in total. The van der Waals surface area contributed by atoms with Crippen molar-refractivity contribution in [2.45, 2.75) is 26.7 Å². The van der Waals surface area contributed by atoms with Gasteiger partial charge in [0.15, 0.2) is 0 Å². The second kappa shape index (κ2) is 8.75. The Labute approximate surface area is 151 Å². The van der Waals surface area contributed by atoms with Crippen LogP contribution in [0.4, 0.5) is 17.3 Å². The summed E-state index contributed by atoms with van der Waals surface area (Å²) in [6.07, 6.45) is 3.07. The number of hydrazine groups is 1. The van der Waals surface area contributed by atoms with Crippen LogP contribution >= 0.6 is 0 Å². The molecule has 0 saturated heterocycles. The van der Waals surface area contributed by atoms with Crippen LogP contribution in [0.3, 0.4) is 0 Å². The Morgan fingerprint density at radius 2 is 2.04 bits per heavy atom. The first-order chi connectivity index (χ1) is 12.5. The number of hydrogen-bond donors (Lipinski definition) is 2. The third-order valence-electron chi connectivity index (χ3n) is 3.88. The summed E-state index contributed by atoms with van der Waals surface area (Å²) in [5, 5.41) is 11.5. The molecule has 0 spiro atoms. The minimum atomic E-state index is -0.556. The number of benzene rings is 1. The van der Waals surface area contributed by atoms with Crippen molar-refractivity contribution in [3.63, 3.8) is 0 Å². The quantitative estimate of drug-likeness (QED) is 0.551. The number of aryl methyl sites for hydroxylation is 1. The summed E-state index contributed by atoms with van der Waals surface area (Å²) in [5.74, 6) is -0.270. The molecule has 0 aliphatic carbocycles. The van der Waals surface area contributed by atoms with Crippen molar-refractivity contribution in [1.29, 1.82) is 0 Å². The van der Waals surface area contributed by atoms with Gasteiger partial charge in [-0.25, -0.2) is 9.97 Å². The van der Waals surface area contributed by atoms with Crippen molar-refractivity contribution in [2.24, 2.45) is 0 Å². The van der Waals surface area contributed by atoms with Gasteiger partial charge < -0.3 is 4.90 Å². The Balaban J connectivity index is 2.22. The van der Waals surface area contributed by atoms with E-state index >= 15 is 0 Å². The SMILES string of the molecule is CCCCN(C)c1ncnc(NNC(=O)c2ccccc2C)c1[N+](=O)[O-]. The van der Waals surface area contributed by atoms with Crippen molar-refractivity contribution in [2.75, 3.05) is 23.9 Å². The van der Waals surface area contributed by atoms with Crippen LogP contribution in [0.2, 0.25) is 0 Å². The van der Waals surface area contributed by atoms with Crippen molar-refractivity contribution in [3.8, 4) is 0 Å². The van der Waals surface area contributed by atoms with Gasteiger partial charge in [-0.2, -0.15) is 0 Å². The number of rotatable bonds is 8. The molecule has 26 heavy (non-hydrogen) atoms. The molecule has 1 aromatic heterocycles. The average Bonchev–Trinajstić information content (AvgIpc) is 2.64. The zero-order chi connectivity index (χ0) is 19.1. The lowest BCUT2D eigenvalue weighted by atomic mass is 10.1. The number of nitro groups is 1. The van der Waals surface area contributed by atoms with Gasteiger partial charge in [-0.15, -0.1) is 0 Å². The predicted molar refractivity (Wildman–Crippen MR) is 99.1 cm³/mol. The monoisotopic (exact) mass is 358 g/mol. The number of carbonyl (C=O) groups is 1. The molecular formula is C17H22N6O3. The number of nitrogens with one attached hydrogen (secondary N) is 2. The second-order valence-electron chi connectivity index (χ2n) is 5.82. The molecule has 2 aromatic rings. The maximum Gasteiger partial charge on any atom is 0.355 e. The van der Waals surface area contributed by atoms with Crippen molar-refractivity contribution in [1.82, 2.24) is 15.4 Å². The normalized spacial score (nSPS) is 10.3. The molecule has 2 rings (SSSR count). The molecule has 1 heterocycles. The summed E-state index contributed by atoms with van der Waals surface area (Å²) in [6, 6.07) is 7.05. The van der Waals surface area contributed by atoms with Gasteiger partial charge in [0, 0.05) is 19.2 Å². The van der Waals surface area contributed by atoms with Crippen molar-refractivity contribution >= 4 is 23.2 Å². The molecule has 0 bridgehead atoms. The Morgan fingerprint density at radius 3 is 2.69 bits per heavy atom. The van der Waals surface area contributed by atoms with Crippen LogP contribution in [0.1, 0.15) is 35.7 Å². The highest BCUT2D eigenvalue weighted by atomic mass is 16.6. The summed E-state index contributed by atoms with van der Waals surface area (Å²) >= 11 is 0. The molecule has 9 nitrogen and oxygen atoms in total. The van der Waals surface area contributed by atoms with E-state index in [1.807, 2.05) is 26.0 Å². The average molecular weight is 358 g/mol. The fourth-order valence-electron chi connectivity index (χ4n) is 2.42. The number of nitrogens with zero attached hydrogens (tertiary/aromatic N) is 4. The predicted octanol–water partition coefficient (Wildman–Crippen LogP) is 2.69. The molecular weight excluding hydrogens is 336 g/mol. The van der Waals surface area contributed by atoms with Gasteiger partial charge >= 0.3 is 5.69 Å². The number of unbranched alkanes of at least 4 members (excludes halogenated alkanes) is 1. The summed E-state index contributed by atoms with van der Waals surface area (Å²) in [4.78, 5) is 32.9. The number of anilines is 2. The third kappa shape index (κ3) is 4.44. The zero-order valence-corrected chi connectivity index (χ0v) is 15.0. The van der Waals surface area contributed by atoms with E-state index in [1.165, 1.54) is 6.33 Å². The molecule has 0 aliphatic heterocycles. The third-order valence-corrected chi connectivity index (χ3v) is 3.88. The standard InChI is InChI=1S/C17H22N6O3/c1-4-5-10-22(3)16-14(23(25)26)15(18-11-19-16)20-21-17(24)13-9-7-6-8-12(13)2/h6-9,11H,4-5,10H2,1-3H3,(H,21,24)(H,18,19,20). The summed E-state index contributed by atoms with van der Waals surface area (Å²) < 4.78 is 0. The molecule has 0 atom stereocenters. The Hall–Kier alpha value is -3.23. The maximum absolute atomic E-state index is 12.3. The van der Waals surface area contributed by atoms with E-state index in [4.69, 9.17) is 0 Å². The van der Waals surface area contributed by atoms with Gasteiger partial charge in [-0.05, 0) is 25.0 Å². The molecule has 0 aliphatic rings. The van der Waals surface area contributed by atoms with Crippen LogP contribution in [0.25, 0.3) is 0 Å². The lowest BCUT2D eigenvalue weighted by Crippen LogP contribution is -2.31. The summed E-state index contributed by atoms with van der Waals surface area (Å²) in [7, 11) is 1.74. The van der Waals surface area contributed by atoms with E-state index in [-0.39, 0.29) is 17.3 Å². The highest BCUT2D eigenvalue weighted by molar-refractivity contribution is 5.96. The summed E-state index contributed by atoms with van der Waals surface area (Å²) in [5.41, 5.74) is 5.99. The zero-order valence-electron chi connectivity index (χ0n) is 15.0. The topological polar surface area (TPSA) is 113 Å². The van der Waals surface area contributed by atoms with Crippen LogP contribution in [0, 0.1) is 17.0 Å². The lowest BCUT2D eigenvalue weighted by Gasteiger charge is -2.18. The fraction of sp³-hybridized carbons (Fsp3) is 0.353. The number of aromatic nitrogens is 2. The minimum absolute atomic E-state index is 0.0646. The van der Waals surface area contributed by atoms with Crippen LogP contribution in [0.15, 0.2) is 30.6 Å². The second-order valence-corrected chi connectivity index (χ2v) is 5.82. The first kappa shape index (κ1) is 19.1. The van der Waals surface area contributed by atoms with E-state index in [0.717, 1.165) is 18.4 Å². The van der Waals surface area contributed by atoms with Crippen LogP contribution in [-0.4, -0.2) is 34.4 Å². The van der Waals surface area contributed by atoms with Gasteiger partial charge in [-0.1, -0.05) is 31.5 Å². The molecule has 0 unspecified atom stereocenters. The van der Waals surface area contributed by atoms with E-state index in [1.54, 1.807) is 24.1 Å². The van der Waals surface area contributed by atoms with Crippen LogP contribution in [0.5, 0.6) is 0 Å². The lowest BCUT2D eigenvalue weighted by molar-refractivity contribution is -0.383. The van der Waals surface area contributed by atoms with E-state index in [2.05, 4.69) is 20.8 Å². The number of amides is 1. The molecule has 0 saturated carbocycles. The Kier molecular flexibility index (Phi) is 6.42. The highest BCUT2D eigenvalue weighted by Crippen LogP contribution is 2.30. The van der Waals surface area contributed by atoms with E-state index < -0.39 is 10.8 Å². The number of hydrogen-bond acceptors (Lipinski definition) is 7. The van der Waals surface area contributed by atoms with Crippen molar-refractivity contribution < 1.29 is 9.72 Å². The molecule has 138 valence electrons. The largest absolute Gasteiger partial charge is 0.355 e. The van der Waals surface area contributed by atoms with Crippen molar-refractivity contribution in [3.05, 3.63) is 51.8 Å². The van der Waals surface area contributed by atoms with Gasteiger partial charge in [0.05, 0.1) is 4.92 Å². The van der Waals surface area contributed by atoms with Gasteiger partial charge in [-0.3, -0.25) is 25.8 Å². The first-order valence-corrected chi connectivity index (χ1v) is 8.28. The van der Waals surface area contributed by atoms with Gasteiger partial charge in [0.2, 0.25) is 11.6 Å². The van der Waals surface area contributed by atoms with Crippen LogP contribution in [-0.2, 0) is 0 Å². The van der Waals surface area contributed by atoms with Gasteiger partial charge in [0.1, 0.15) is 6.33 Å². The summed E-state index contributed by atoms with van der Waals surface area (Å²) in [6.45, 7) is 4.47. The van der Waals surface area contributed by atoms with E-state index in [9.17, 15) is 14.9 Å². The Morgan fingerprint density at radius 1 is 1.31 bits per heavy atom. The molecule has 0 radical (unpaired) electrons. The highest BCUT2D eigenvalue weighted by Gasteiger charge is 2.25. The smallest absolute Gasteiger partial charge is 0.354 e. The molecule has 1 aromatic carbocycles. The fourth-order valence-corrected chi connectivity index (χ4v) is 2.42. The molecule has 1 amide bonds. The maximum atomic E-state index is 12.3. The van der Waals surface area contributed by atoms with Gasteiger partial charge in [0.25, 0.3) is 5.91 Å². The van der Waals surface area contributed by atoms with Crippen LogP contribution < -0.4 is 15.8 Å². The first-order valence-electron chi connectivity index (χ1n) is 8.28. The van der Waals surface area contributed by atoms with E-state index in [0.29, 0.717) is 12.1 Å². The molecule has 0 fully saturated rings.